The van der Waals surface area contributed by atoms with Crippen molar-refractivity contribution >= 4 is 21.8 Å². The van der Waals surface area contributed by atoms with E-state index in [4.69, 9.17) is 4.74 Å². The normalized spacial score (nSPS) is 11.2. The minimum Gasteiger partial charge on any atom is -0.483 e. The first-order valence-electron chi connectivity index (χ1n) is 6.43. The van der Waals surface area contributed by atoms with Crippen molar-refractivity contribution < 1.29 is 9.53 Å². The van der Waals surface area contributed by atoms with E-state index in [1.165, 1.54) is 22.9 Å². The average Bonchev–Trinajstić information content (AvgIpc) is 2.89. The summed E-state index contributed by atoms with van der Waals surface area (Å²) in [5, 5.41) is 7.18. The van der Waals surface area contributed by atoms with Crippen LogP contribution in [-0.2, 0) is 10.2 Å². The van der Waals surface area contributed by atoms with Gasteiger partial charge in [-0.05, 0) is 39.0 Å². The molecule has 0 saturated carbocycles. The zero-order valence-corrected chi connectivity index (χ0v) is 13.7. The third kappa shape index (κ3) is 4.29. The van der Waals surface area contributed by atoms with E-state index in [1.807, 2.05) is 18.2 Å². The minimum atomic E-state index is -0.290. The molecule has 1 aromatic carbocycles. The van der Waals surface area contributed by atoms with Gasteiger partial charge in [-0.1, -0.05) is 26.8 Å². The molecule has 0 bridgehead atoms. The van der Waals surface area contributed by atoms with Crippen molar-refractivity contribution in [2.45, 2.75) is 26.2 Å². The van der Waals surface area contributed by atoms with Gasteiger partial charge in [-0.25, -0.2) is 4.68 Å². The highest BCUT2D eigenvalue weighted by molar-refractivity contribution is 9.10. The molecular weight excluding hydrogens is 336 g/mol. The molecule has 1 aromatic heterocycles. The molecule has 112 valence electrons. The fraction of sp³-hybridized carbons (Fsp3) is 0.357. The molecule has 1 amide bonds. The van der Waals surface area contributed by atoms with Crippen LogP contribution in [0.25, 0.3) is 0 Å². The molecule has 0 saturated heterocycles. The largest absolute Gasteiger partial charge is 0.483 e. The molecule has 2 rings (SSSR count). The van der Waals surface area contributed by atoms with Gasteiger partial charge >= 0.3 is 0 Å². The summed E-state index contributed by atoms with van der Waals surface area (Å²) in [6.45, 7) is 6.33. The summed E-state index contributed by atoms with van der Waals surface area (Å²) in [4.78, 5) is 11.7. The molecule has 21 heavy (non-hydrogen) atoms. The van der Waals surface area contributed by atoms with Crippen LogP contribution in [0.1, 0.15) is 26.3 Å². The number of amides is 1. The van der Waals surface area contributed by atoms with Crippen molar-refractivity contribution in [2.24, 2.45) is 0 Å². The fourth-order valence-electron chi connectivity index (χ4n) is 1.66. The first-order valence-corrected chi connectivity index (χ1v) is 7.23. The molecule has 6 nitrogen and oxygen atoms in total. The van der Waals surface area contributed by atoms with Crippen LogP contribution in [0, 0.1) is 0 Å². The number of ether oxygens (including phenoxy) is 1. The molecule has 1 N–H and O–H groups in total. The third-order valence-electron chi connectivity index (χ3n) is 2.83. The smallest absolute Gasteiger partial charge is 0.276 e. The zero-order valence-electron chi connectivity index (χ0n) is 12.1. The topological polar surface area (TPSA) is 69.0 Å². The van der Waals surface area contributed by atoms with Gasteiger partial charge in [0.25, 0.3) is 5.91 Å². The fourth-order valence-corrected chi connectivity index (χ4v) is 2.16. The second-order valence-corrected chi connectivity index (χ2v) is 6.44. The van der Waals surface area contributed by atoms with E-state index >= 15 is 0 Å². The van der Waals surface area contributed by atoms with Crippen molar-refractivity contribution in [3.8, 4) is 5.75 Å². The Kier molecular flexibility index (Phi) is 4.62. The Bertz CT molecular complexity index is 620. The summed E-state index contributed by atoms with van der Waals surface area (Å²) in [7, 11) is 0. The molecule has 7 heteroatoms. The monoisotopic (exact) mass is 352 g/mol. The number of hydrogen-bond acceptors (Lipinski definition) is 4. The van der Waals surface area contributed by atoms with Crippen molar-refractivity contribution in [1.82, 2.24) is 14.9 Å². The van der Waals surface area contributed by atoms with Crippen molar-refractivity contribution in [2.75, 3.05) is 12.0 Å². The Morgan fingerprint density at radius 3 is 2.57 bits per heavy atom. The van der Waals surface area contributed by atoms with Gasteiger partial charge in [0.15, 0.2) is 6.61 Å². The summed E-state index contributed by atoms with van der Waals surface area (Å²) >= 11 is 3.47. The lowest BCUT2D eigenvalue weighted by Gasteiger charge is -2.20. The number of nitrogens with zero attached hydrogens (tertiary/aromatic N) is 3. The molecule has 0 atom stereocenters. The lowest BCUT2D eigenvalue weighted by Crippen LogP contribution is -2.27. The molecule has 0 aliphatic heterocycles. The van der Waals surface area contributed by atoms with Crippen LogP contribution < -0.4 is 10.2 Å². The van der Waals surface area contributed by atoms with Gasteiger partial charge in [0.1, 0.15) is 18.4 Å². The molecule has 0 aliphatic carbocycles. The van der Waals surface area contributed by atoms with Gasteiger partial charge in [0, 0.05) is 0 Å². The molecular formula is C14H17BrN4O2. The number of nitrogens with one attached hydrogen (secondary N) is 1. The van der Waals surface area contributed by atoms with Crippen molar-refractivity contribution in [3.05, 3.63) is 40.9 Å². The Morgan fingerprint density at radius 2 is 2.00 bits per heavy atom. The maximum atomic E-state index is 11.7. The van der Waals surface area contributed by atoms with Crippen molar-refractivity contribution in [3.63, 3.8) is 0 Å². The second kappa shape index (κ2) is 6.26. The highest BCUT2D eigenvalue weighted by Gasteiger charge is 2.15. The van der Waals surface area contributed by atoms with Crippen LogP contribution >= 0.6 is 15.9 Å². The SMILES string of the molecule is CC(C)(C)c1ccc(OCC(=O)Nn2cnnc2)c(Br)c1. The Hall–Kier alpha value is -1.89. The van der Waals surface area contributed by atoms with Crippen LogP contribution in [0.5, 0.6) is 5.75 Å². The number of carbonyl (C=O) groups excluding carboxylic acids is 1. The molecule has 0 spiro atoms. The van der Waals surface area contributed by atoms with Gasteiger partial charge in [0.2, 0.25) is 0 Å². The van der Waals surface area contributed by atoms with Crippen LogP contribution in [0.4, 0.5) is 0 Å². The van der Waals surface area contributed by atoms with Gasteiger partial charge in [0.05, 0.1) is 4.47 Å². The van der Waals surface area contributed by atoms with Crippen LogP contribution in [-0.4, -0.2) is 27.4 Å². The number of carbonyl (C=O) groups is 1. The number of rotatable bonds is 4. The van der Waals surface area contributed by atoms with E-state index in [0.29, 0.717) is 5.75 Å². The maximum Gasteiger partial charge on any atom is 0.276 e. The second-order valence-electron chi connectivity index (χ2n) is 5.59. The predicted molar refractivity (Wildman–Crippen MR) is 82.7 cm³/mol. The number of halogens is 1. The van der Waals surface area contributed by atoms with E-state index in [0.717, 1.165) is 4.47 Å². The van der Waals surface area contributed by atoms with Crippen molar-refractivity contribution in [1.29, 1.82) is 0 Å². The molecule has 2 aromatic rings. The third-order valence-corrected chi connectivity index (χ3v) is 3.45. The van der Waals surface area contributed by atoms with Gasteiger partial charge in [-0.15, -0.1) is 10.2 Å². The Morgan fingerprint density at radius 1 is 1.33 bits per heavy atom. The first kappa shape index (κ1) is 15.5. The standard InChI is InChI=1S/C14H17BrN4O2/c1-14(2,3)10-4-5-12(11(15)6-10)21-7-13(20)18-19-8-16-17-9-19/h4-6,8-9H,7H2,1-3H3,(H,18,20). The highest BCUT2D eigenvalue weighted by atomic mass is 79.9. The Balaban J connectivity index is 1.96. The van der Waals surface area contributed by atoms with Gasteiger partial charge < -0.3 is 4.74 Å². The minimum absolute atomic E-state index is 0.0623. The van der Waals surface area contributed by atoms with E-state index < -0.39 is 0 Å². The summed E-state index contributed by atoms with van der Waals surface area (Å²) in [6.07, 6.45) is 2.79. The molecule has 1 heterocycles. The first-order chi connectivity index (χ1) is 9.86. The predicted octanol–water partition coefficient (Wildman–Crippen LogP) is 2.49. The van der Waals surface area contributed by atoms with E-state index in [-0.39, 0.29) is 17.9 Å². The molecule has 0 fully saturated rings. The molecule has 0 unspecified atom stereocenters. The average molecular weight is 353 g/mol. The van der Waals surface area contributed by atoms with Gasteiger partial charge in [-0.2, -0.15) is 0 Å². The lowest BCUT2D eigenvalue weighted by atomic mass is 9.87. The Labute approximate surface area is 131 Å². The number of aromatic nitrogens is 3. The van der Waals surface area contributed by atoms with E-state index in [9.17, 15) is 4.79 Å². The van der Waals surface area contributed by atoms with Crippen LogP contribution in [0.2, 0.25) is 0 Å². The summed E-state index contributed by atoms with van der Waals surface area (Å²) < 4.78 is 7.69. The molecule has 0 radical (unpaired) electrons. The molecule has 0 aliphatic rings. The lowest BCUT2D eigenvalue weighted by molar-refractivity contribution is -0.119. The zero-order chi connectivity index (χ0) is 15.5. The number of hydrogen-bond donors (Lipinski definition) is 1. The van der Waals surface area contributed by atoms with Crippen LogP contribution in [0.15, 0.2) is 35.3 Å². The van der Waals surface area contributed by atoms with Crippen LogP contribution in [0.3, 0.4) is 0 Å². The number of benzene rings is 1. The highest BCUT2D eigenvalue weighted by Crippen LogP contribution is 2.31. The van der Waals surface area contributed by atoms with E-state index in [1.54, 1.807) is 0 Å². The summed E-state index contributed by atoms with van der Waals surface area (Å²) in [5.41, 5.74) is 3.81. The summed E-state index contributed by atoms with van der Waals surface area (Å²) in [6, 6.07) is 5.86. The quantitative estimate of drug-likeness (QED) is 0.917. The van der Waals surface area contributed by atoms with Gasteiger partial charge in [-0.3, -0.25) is 10.2 Å². The summed E-state index contributed by atoms with van der Waals surface area (Å²) in [5.74, 6) is 0.337. The van der Waals surface area contributed by atoms with E-state index in [2.05, 4.69) is 52.3 Å². The maximum absolute atomic E-state index is 11.7.